The zero-order valence-electron chi connectivity index (χ0n) is 8.60. The highest BCUT2D eigenvalue weighted by atomic mass is 32.2. The Balaban J connectivity index is 2.72. The molecule has 0 bridgehead atoms. The van der Waals surface area contributed by atoms with E-state index < -0.39 is 10.0 Å². The van der Waals surface area contributed by atoms with Crippen molar-refractivity contribution in [2.24, 2.45) is 5.73 Å². The summed E-state index contributed by atoms with van der Waals surface area (Å²) in [5.74, 6) is 0. The van der Waals surface area contributed by atoms with Crippen LogP contribution in [-0.2, 0) is 10.0 Å². The summed E-state index contributed by atoms with van der Waals surface area (Å²) in [6, 6.07) is 1.29. The Bertz CT molecular complexity index is 373. The van der Waals surface area contributed by atoms with Gasteiger partial charge in [0.2, 0.25) is 0 Å². The Kier molecular flexibility index (Phi) is 4.25. The molecule has 0 spiro atoms. The standard InChI is InChI=1S/C8H16N4O2S/c1-2-7(3-5-9)12-15(13,14)8-4-6-10-11-8/h4,6-7,12H,2-3,5,9H2,1H3,(H,10,11). The van der Waals surface area contributed by atoms with Gasteiger partial charge in [-0.25, -0.2) is 13.1 Å². The smallest absolute Gasteiger partial charge is 0.257 e. The first-order valence-electron chi connectivity index (χ1n) is 4.82. The summed E-state index contributed by atoms with van der Waals surface area (Å²) in [5.41, 5.74) is 5.39. The number of nitrogens with one attached hydrogen (secondary N) is 2. The van der Waals surface area contributed by atoms with E-state index >= 15 is 0 Å². The van der Waals surface area contributed by atoms with Gasteiger partial charge in [0.25, 0.3) is 10.0 Å². The van der Waals surface area contributed by atoms with Crippen LogP contribution in [0.25, 0.3) is 0 Å². The Hall–Kier alpha value is -0.920. The van der Waals surface area contributed by atoms with Gasteiger partial charge >= 0.3 is 0 Å². The predicted octanol–water partition coefficient (Wildman–Crippen LogP) is -0.185. The average Bonchev–Trinajstić information content (AvgIpc) is 2.70. The van der Waals surface area contributed by atoms with Gasteiger partial charge in [0.1, 0.15) is 0 Å². The maximum atomic E-state index is 11.7. The topological polar surface area (TPSA) is 101 Å². The molecule has 0 saturated heterocycles. The minimum atomic E-state index is -3.47. The quantitative estimate of drug-likeness (QED) is 0.633. The van der Waals surface area contributed by atoms with Crippen molar-refractivity contribution in [1.82, 2.24) is 14.9 Å². The average molecular weight is 232 g/mol. The van der Waals surface area contributed by atoms with Crippen molar-refractivity contribution < 1.29 is 8.42 Å². The zero-order valence-corrected chi connectivity index (χ0v) is 9.42. The van der Waals surface area contributed by atoms with Crippen LogP contribution in [0.3, 0.4) is 0 Å². The minimum absolute atomic E-state index is 0.0815. The summed E-state index contributed by atoms with van der Waals surface area (Å²) in [4.78, 5) is 0. The van der Waals surface area contributed by atoms with Crippen molar-refractivity contribution in [3.05, 3.63) is 12.3 Å². The molecule has 1 atom stereocenters. The molecular formula is C8H16N4O2S. The molecule has 0 amide bonds. The molecule has 0 saturated carbocycles. The summed E-state index contributed by atoms with van der Waals surface area (Å²) in [7, 11) is -3.47. The third kappa shape index (κ3) is 3.29. The van der Waals surface area contributed by atoms with Crippen LogP contribution in [-0.4, -0.2) is 31.2 Å². The molecule has 0 radical (unpaired) electrons. The van der Waals surface area contributed by atoms with Gasteiger partial charge in [0, 0.05) is 6.04 Å². The fourth-order valence-corrected chi connectivity index (χ4v) is 2.49. The number of H-pyrrole nitrogens is 1. The van der Waals surface area contributed by atoms with E-state index in [1.165, 1.54) is 12.3 Å². The molecule has 1 heterocycles. The maximum absolute atomic E-state index is 11.7. The van der Waals surface area contributed by atoms with E-state index in [2.05, 4.69) is 14.9 Å². The lowest BCUT2D eigenvalue weighted by Crippen LogP contribution is -2.36. The number of nitrogens with zero attached hydrogens (tertiary/aromatic N) is 1. The first-order chi connectivity index (χ1) is 7.10. The molecule has 7 heteroatoms. The largest absolute Gasteiger partial charge is 0.330 e. The fourth-order valence-electron chi connectivity index (χ4n) is 1.22. The van der Waals surface area contributed by atoms with Gasteiger partial charge in [-0.15, -0.1) is 0 Å². The number of aromatic amines is 1. The number of rotatable bonds is 6. The summed E-state index contributed by atoms with van der Waals surface area (Å²) in [6.45, 7) is 2.37. The zero-order chi connectivity index (χ0) is 11.3. The van der Waals surface area contributed by atoms with E-state index in [4.69, 9.17) is 5.73 Å². The van der Waals surface area contributed by atoms with Gasteiger partial charge in [0.05, 0.1) is 6.20 Å². The van der Waals surface area contributed by atoms with Crippen LogP contribution in [0.15, 0.2) is 17.3 Å². The Morgan fingerprint density at radius 2 is 2.40 bits per heavy atom. The van der Waals surface area contributed by atoms with Gasteiger partial charge in [0.15, 0.2) is 5.03 Å². The summed E-state index contributed by atoms with van der Waals surface area (Å²) < 4.78 is 26.0. The third-order valence-electron chi connectivity index (χ3n) is 2.09. The van der Waals surface area contributed by atoms with Gasteiger partial charge in [-0.1, -0.05) is 6.92 Å². The highest BCUT2D eigenvalue weighted by molar-refractivity contribution is 7.89. The fraction of sp³-hybridized carbons (Fsp3) is 0.625. The van der Waals surface area contributed by atoms with Gasteiger partial charge in [-0.05, 0) is 25.5 Å². The van der Waals surface area contributed by atoms with Crippen LogP contribution in [0.1, 0.15) is 19.8 Å². The number of nitrogens with two attached hydrogens (primary N) is 1. The summed E-state index contributed by atoms with van der Waals surface area (Å²) in [5, 5.41) is 6.10. The van der Waals surface area contributed by atoms with Crippen molar-refractivity contribution in [3.63, 3.8) is 0 Å². The van der Waals surface area contributed by atoms with Crippen molar-refractivity contribution >= 4 is 10.0 Å². The Labute approximate surface area is 89.3 Å². The van der Waals surface area contributed by atoms with E-state index in [0.29, 0.717) is 19.4 Å². The normalized spacial score (nSPS) is 14.0. The SMILES string of the molecule is CCC(CCN)NS(=O)(=O)c1ccn[nH]1. The van der Waals surface area contributed by atoms with Crippen molar-refractivity contribution in [2.75, 3.05) is 6.54 Å². The van der Waals surface area contributed by atoms with Gasteiger partial charge in [-0.2, -0.15) is 5.10 Å². The van der Waals surface area contributed by atoms with Gasteiger partial charge < -0.3 is 5.73 Å². The van der Waals surface area contributed by atoms with Crippen LogP contribution >= 0.6 is 0 Å². The van der Waals surface area contributed by atoms with Crippen molar-refractivity contribution in [2.45, 2.75) is 30.8 Å². The molecule has 1 rings (SSSR count). The predicted molar refractivity (Wildman–Crippen MR) is 56.7 cm³/mol. The lowest BCUT2D eigenvalue weighted by Gasteiger charge is -2.14. The molecule has 1 aromatic heterocycles. The molecule has 86 valence electrons. The Morgan fingerprint density at radius 3 is 2.87 bits per heavy atom. The second kappa shape index (κ2) is 5.24. The molecule has 0 aliphatic carbocycles. The van der Waals surface area contributed by atoms with Crippen molar-refractivity contribution in [3.8, 4) is 0 Å². The minimum Gasteiger partial charge on any atom is -0.330 e. The molecular weight excluding hydrogens is 216 g/mol. The maximum Gasteiger partial charge on any atom is 0.257 e. The number of hydrogen-bond donors (Lipinski definition) is 3. The van der Waals surface area contributed by atoms with E-state index in [1.807, 2.05) is 6.92 Å². The molecule has 6 nitrogen and oxygen atoms in total. The summed E-state index contributed by atoms with van der Waals surface area (Å²) >= 11 is 0. The van der Waals surface area contributed by atoms with Crippen LogP contribution in [0, 0.1) is 0 Å². The molecule has 0 fully saturated rings. The summed E-state index contributed by atoms with van der Waals surface area (Å²) in [6.07, 6.45) is 2.74. The molecule has 4 N–H and O–H groups in total. The van der Waals surface area contributed by atoms with Crippen LogP contribution in [0.4, 0.5) is 0 Å². The monoisotopic (exact) mass is 232 g/mol. The first kappa shape index (κ1) is 12.2. The van der Waals surface area contributed by atoms with Crippen LogP contribution in [0.5, 0.6) is 0 Å². The van der Waals surface area contributed by atoms with Crippen LogP contribution < -0.4 is 10.5 Å². The van der Waals surface area contributed by atoms with E-state index in [0.717, 1.165) is 0 Å². The van der Waals surface area contributed by atoms with E-state index in [1.54, 1.807) is 0 Å². The number of sulfonamides is 1. The third-order valence-corrected chi connectivity index (χ3v) is 3.54. The van der Waals surface area contributed by atoms with E-state index in [-0.39, 0.29) is 11.1 Å². The number of hydrogen-bond acceptors (Lipinski definition) is 4. The lowest BCUT2D eigenvalue weighted by molar-refractivity contribution is 0.518. The molecule has 0 aromatic carbocycles. The molecule has 0 aliphatic rings. The Morgan fingerprint density at radius 1 is 1.67 bits per heavy atom. The highest BCUT2D eigenvalue weighted by Crippen LogP contribution is 2.06. The molecule has 0 aliphatic heterocycles. The van der Waals surface area contributed by atoms with Crippen molar-refractivity contribution in [1.29, 1.82) is 0 Å². The van der Waals surface area contributed by atoms with Crippen LogP contribution in [0.2, 0.25) is 0 Å². The molecule has 1 unspecified atom stereocenters. The molecule has 1 aromatic rings. The second-order valence-corrected chi connectivity index (χ2v) is 4.91. The number of aromatic nitrogens is 2. The van der Waals surface area contributed by atoms with Gasteiger partial charge in [-0.3, -0.25) is 5.10 Å². The highest BCUT2D eigenvalue weighted by Gasteiger charge is 2.19. The lowest BCUT2D eigenvalue weighted by atomic mass is 10.2. The van der Waals surface area contributed by atoms with E-state index in [9.17, 15) is 8.42 Å². The second-order valence-electron chi connectivity index (χ2n) is 3.22. The first-order valence-corrected chi connectivity index (χ1v) is 6.30. The molecule has 15 heavy (non-hydrogen) atoms.